The Bertz CT molecular complexity index is 236. The minimum Gasteiger partial charge on any atom is -0.0622 e. The van der Waals surface area contributed by atoms with Crippen LogP contribution in [0.15, 0.2) is 24.3 Å². The highest BCUT2D eigenvalue weighted by molar-refractivity contribution is 14.1. The fraction of sp³-hybridized carbons (Fsp3) is 0.455. The van der Waals surface area contributed by atoms with Gasteiger partial charge in [-0.25, -0.2) is 0 Å². The van der Waals surface area contributed by atoms with Crippen molar-refractivity contribution in [1.82, 2.24) is 0 Å². The van der Waals surface area contributed by atoms with Gasteiger partial charge < -0.3 is 0 Å². The Morgan fingerprint density at radius 2 is 1.50 bits per heavy atom. The summed E-state index contributed by atoms with van der Waals surface area (Å²) in [5.41, 5.74) is 1.45. The van der Waals surface area contributed by atoms with E-state index >= 15 is 0 Å². The molecule has 1 rings (SSSR count). The predicted octanol–water partition coefficient (Wildman–Crippen LogP) is 4.05. The van der Waals surface area contributed by atoms with Crippen LogP contribution in [0.25, 0.3) is 0 Å². The highest BCUT2D eigenvalue weighted by Crippen LogP contribution is 2.23. The lowest BCUT2D eigenvalue weighted by atomic mass is 9.91. The lowest BCUT2D eigenvalue weighted by molar-refractivity contribution is 0.535. The van der Waals surface area contributed by atoms with E-state index in [2.05, 4.69) is 67.6 Å². The average molecular weight is 274 g/mol. The Morgan fingerprint density at radius 3 is 1.92 bits per heavy atom. The minimum atomic E-state index is 0.669. The highest BCUT2D eigenvalue weighted by atomic mass is 127. The molecular formula is C11H15I. The lowest BCUT2D eigenvalue weighted by Gasteiger charge is -2.15. The molecule has 66 valence electrons. The van der Waals surface area contributed by atoms with Gasteiger partial charge in [0.05, 0.1) is 0 Å². The monoisotopic (exact) mass is 274 g/mol. The van der Waals surface area contributed by atoms with Gasteiger partial charge in [-0.3, -0.25) is 0 Å². The van der Waals surface area contributed by atoms with Crippen LogP contribution in [-0.2, 0) is 0 Å². The maximum absolute atomic E-state index is 2.34. The largest absolute Gasteiger partial charge is 0.0622 e. The van der Waals surface area contributed by atoms with Crippen LogP contribution in [0.4, 0.5) is 0 Å². The van der Waals surface area contributed by atoms with Crippen LogP contribution in [-0.4, -0.2) is 0 Å². The lowest BCUT2D eigenvalue weighted by Crippen LogP contribution is -2.01. The molecule has 0 saturated carbocycles. The summed E-state index contributed by atoms with van der Waals surface area (Å²) in [5.74, 6) is 1.40. The third kappa shape index (κ3) is 2.47. The molecular weight excluding hydrogens is 259 g/mol. The summed E-state index contributed by atoms with van der Waals surface area (Å²) in [7, 11) is 0. The van der Waals surface area contributed by atoms with Gasteiger partial charge in [0.25, 0.3) is 0 Å². The molecule has 12 heavy (non-hydrogen) atoms. The van der Waals surface area contributed by atoms with Crippen molar-refractivity contribution >= 4 is 22.6 Å². The van der Waals surface area contributed by atoms with Crippen LogP contribution in [0.1, 0.15) is 32.3 Å². The van der Waals surface area contributed by atoms with Crippen LogP contribution >= 0.6 is 22.6 Å². The quantitative estimate of drug-likeness (QED) is 0.714. The van der Waals surface area contributed by atoms with E-state index in [0.717, 1.165) is 5.92 Å². The fourth-order valence-corrected chi connectivity index (χ4v) is 1.51. The van der Waals surface area contributed by atoms with E-state index in [0.29, 0.717) is 5.92 Å². The molecule has 0 nitrogen and oxygen atoms in total. The van der Waals surface area contributed by atoms with Gasteiger partial charge in [0.1, 0.15) is 0 Å². The van der Waals surface area contributed by atoms with Crippen molar-refractivity contribution in [2.45, 2.75) is 26.7 Å². The van der Waals surface area contributed by atoms with Gasteiger partial charge in [-0.2, -0.15) is 0 Å². The molecule has 0 fully saturated rings. The van der Waals surface area contributed by atoms with Gasteiger partial charge in [0.15, 0.2) is 0 Å². The van der Waals surface area contributed by atoms with Crippen molar-refractivity contribution in [3.05, 3.63) is 33.4 Å². The van der Waals surface area contributed by atoms with Crippen LogP contribution in [0, 0.1) is 9.49 Å². The fourth-order valence-electron chi connectivity index (χ4n) is 1.15. The Labute approximate surface area is 88.5 Å². The Kier molecular flexibility index (Phi) is 3.56. The molecule has 0 radical (unpaired) electrons. The minimum absolute atomic E-state index is 0.669. The molecule has 0 aliphatic carbocycles. The number of hydrogen-bond donors (Lipinski definition) is 0. The Balaban J connectivity index is 2.82. The van der Waals surface area contributed by atoms with Gasteiger partial charge in [0.2, 0.25) is 0 Å². The molecule has 0 bridgehead atoms. The van der Waals surface area contributed by atoms with E-state index in [1.54, 1.807) is 0 Å². The second-order valence-corrected chi connectivity index (χ2v) is 4.83. The summed E-state index contributed by atoms with van der Waals surface area (Å²) in [6, 6.07) is 8.81. The van der Waals surface area contributed by atoms with Gasteiger partial charge >= 0.3 is 0 Å². The van der Waals surface area contributed by atoms with E-state index in [-0.39, 0.29) is 0 Å². The summed E-state index contributed by atoms with van der Waals surface area (Å²) < 4.78 is 1.31. The van der Waals surface area contributed by atoms with Crippen molar-refractivity contribution in [2.75, 3.05) is 0 Å². The average Bonchev–Trinajstić information content (AvgIpc) is 2.04. The van der Waals surface area contributed by atoms with Crippen molar-refractivity contribution in [1.29, 1.82) is 0 Å². The van der Waals surface area contributed by atoms with Crippen LogP contribution in [0.5, 0.6) is 0 Å². The van der Waals surface area contributed by atoms with Crippen molar-refractivity contribution in [3.63, 3.8) is 0 Å². The molecule has 0 amide bonds. The maximum Gasteiger partial charge on any atom is 0.0130 e. The van der Waals surface area contributed by atoms with Crippen LogP contribution in [0.3, 0.4) is 0 Å². The van der Waals surface area contributed by atoms with Crippen LogP contribution in [0.2, 0.25) is 0 Å². The number of hydrogen-bond acceptors (Lipinski definition) is 0. The standard InChI is InChI=1S/C11H15I/c1-8(2)9(3)10-4-6-11(12)7-5-10/h4-9H,1-3H3. The summed E-state index contributed by atoms with van der Waals surface area (Å²) >= 11 is 2.34. The number of halogens is 1. The van der Waals surface area contributed by atoms with E-state index in [9.17, 15) is 0 Å². The zero-order valence-electron chi connectivity index (χ0n) is 7.84. The first-order valence-electron chi connectivity index (χ1n) is 4.36. The first-order valence-corrected chi connectivity index (χ1v) is 5.44. The highest BCUT2D eigenvalue weighted by Gasteiger charge is 2.08. The molecule has 1 unspecified atom stereocenters. The first kappa shape index (κ1) is 10.0. The summed E-state index contributed by atoms with van der Waals surface area (Å²) in [6.45, 7) is 6.82. The third-order valence-corrected chi connectivity index (χ3v) is 3.11. The third-order valence-electron chi connectivity index (χ3n) is 2.40. The van der Waals surface area contributed by atoms with E-state index in [1.165, 1.54) is 9.13 Å². The molecule has 0 heterocycles. The maximum atomic E-state index is 2.34. The molecule has 0 aromatic heterocycles. The zero-order chi connectivity index (χ0) is 9.14. The molecule has 0 saturated heterocycles. The van der Waals surface area contributed by atoms with E-state index in [4.69, 9.17) is 0 Å². The van der Waals surface area contributed by atoms with Gasteiger partial charge in [-0.05, 0) is 52.1 Å². The summed E-state index contributed by atoms with van der Waals surface area (Å²) in [5, 5.41) is 0. The second-order valence-electron chi connectivity index (χ2n) is 3.58. The topological polar surface area (TPSA) is 0 Å². The van der Waals surface area contributed by atoms with Gasteiger partial charge in [-0.15, -0.1) is 0 Å². The first-order chi connectivity index (χ1) is 5.61. The summed E-state index contributed by atoms with van der Waals surface area (Å²) in [6.07, 6.45) is 0. The number of benzene rings is 1. The zero-order valence-corrected chi connectivity index (χ0v) is 10.00. The molecule has 0 N–H and O–H groups in total. The molecule has 0 aliphatic heterocycles. The Hall–Kier alpha value is -0.0500. The van der Waals surface area contributed by atoms with Gasteiger partial charge in [0, 0.05) is 3.57 Å². The molecule has 0 aliphatic rings. The van der Waals surface area contributed by atoms with Crippen LogP contribution < -0.4 is 0 Å². The second kappa shape index (κ2) is 4.26. The number of rotatable bonds is 2. The smallest absolute Gasteiger partial charge is 0.0130 e. The normalized spacial score (nSPS) is 13.4. The Morgan fingerprint density at radius 1 is 1.00 bits per heavy atom. The summed E-state index contributed by atoms with van der Waals surface area (Å²) in [4.78, 5) is 0. The molecule has 0 spiro atoms. The van der Waals surface area contributed by atoms with Gasteiger partial charge in [-0.1, -0.05) is 32.9 Å². The molecule has 1 aromatic rings. The van der Waals surface area contributed by atoms with Crippen molar-refractivity contribution in [2.24, 2.45) is 5.92 Å². The predicted molar refractivity (Wildman–Crippen MR) is 62.4 cm³/mol. The van der Waals surface area contributed by atoms with Crippen molar-refractivity contribution < 1.29 is 0 Å². The molecule has 1 atom stereocenters. The molecule has 1 aromatic carbocycles. The van der Waals surface area contributed by atoms with Crippen molar-refractivity contribution in [3.8, 4) is 0 Å². The SMILES string of the molecule is CC(C)C(C)c1ccc(I)cc1. The van der Waals surface area contributed by atoms with E-state index in [1.807, 2.05) is 0 Å². The molecule has 1 heteroatoms. The van der Waals surface area contributed by atoms with E-state index < -0.39 is 0 Å².